The van der Waals surface area contributed by atoms with Crippen LogP contribution in [-0.2, 0) is 14.3 Å². The van der Waals surface area contributed by atoms with E-state index in [0.717, 1.165) is 0 Å². The minimum absolute atomic E-state index is 0.0135. The van der Waals surface area contributed by atoms with Gasteiger partial charge in [0.05, 0.1) is 6.04 Å². The maximum absolute atomic E-state index is 12.1. The van der Waals surface area contributed by atoms with E-state index in [-0.39, 0.29) is 24.4 Å². The quantitative estimate of drug-likeness (QED) is 0.732. The fraction of sp³-hybridized carbons (Fsp3) is 0.769. The number of piperazine rings is 1. The average molecular weight is 283 g/mol. The van der Waals surface area contributed by atoms with Gasteiger partial charge in [0.25, 0.3) is 0 Å². The molecule has 0 aromatic carbocycles. The Morgan fingerprint density at radius 1 is 1.30 bits per heavy atom. The molecule has 1 N–H and O–H groups in total. The van der Waals surface area contributed by atoms with Gasteiger partial charge in [-0.2, -0.15) is 0 Å². The molecule has 0 bridgehead atoms. The van der Waals surface area contributed by atoms with Crippen LogP contribution in [0.1, 0.15) is 27.2 Å². The normalized spacial score (nSPS) is 23.9. The number of nitrogens with one attached hydrogen (secondary N) is 1. The van der Waals surface area contributed by atoms with Gasteiger partial charge in [-0.15, -0.1) is 0 Å². The molecule has 2 saturated heterocycles. The molecule has 0 radical (unpaired) electrons. The van der Waals surface area contributed by atoms with E-state index >= 15 is 0 Å². The molecule has 0 spiro atoms. The van der Waals surface area contributed by atoms with Gasteiger partial charge in [0, 0.05) is 26.1 Å². The van der Waals surface area contributed by atoms with Crippen molar-refractivity contribution in [3.8, 4) is 0 Å². The second kappa shape index (κ2) is 5.30. The van der Waals surface area contributed by atoms with Crippen molar-refractivity contribution in [3.63, 3.8) is 0 Å². The summed E-state index contributed by atoms with van der Waals surface area (Å²) >= 11 is 0. The third-order valence-corrected chi connectivity index (χ3v) is 3.31. The van der Waals surface area contributed by atoms with Crippen LogP contribution in [0.2, 0.25) is 0 Å². The highest BCUT2D eigenvalue weighted by Crippen LogP contribution is 2.16. The number of nitrogens with zero attached hydrogens (tertiary/aromatic N) is 2. The van der Waals surface area contributed by atoms with Gasteiger partial charge in [0.2, 0.25) is 11.8 Å². The zero-order valence-corrected chi connectivity index (χ0v) is 12.1. The lowest BCUT2D eigenvalue weighted by molar-refractivity contribution is -0.138. The number of carbonyl (C=O) groups excluding carboxylic acids is 3. The van der Waals surface area contributed by atoms with Crippen molar-refractivity contribution in [2.45, 2.75) is 38.8 Å². The van der Waals surface area contributed by atoms with Crippen LogP contribution in [0.3, 0.4) is 0 Å². The fourth-order valence-electron chi connectivity index (χ4n) is 2.37. The van der Waals surface area contributed by atoms with Gasteiger partial charge >= 0.3 is 6.09 Å². The molecule has 112 valence electrons. The molecular weight excluding hydrogens is 262 g/mol. The van der Waals surface area contributed by atoms with E-state index in [2.05, 4.69) is 5.32 Å². The van der Waals surface area contributed by atoms with Crippen LogP contribution >= 0.6 is 0 Å². The molecule has 20 heavy (non-hydrogen) atoms. The Balaban J connectivity index is 1.90. The molecular formula is C13H21N3O4. The highest BCUT2D eigenvalue weighted by molar-refractivity contribution is 5.85. The molecule has 0 aromatic rings. The lowest BCUT2D eigenvalue weighted by Crippen LogP contribution is -2.56. The largest absolute Gasteiger partial charge is 0.444 e. The van der Waals surface area contributed by atoms with Crippen molar-refractivity contribution in [1.82, 2.24) is 15.1 Å². The van der Waals surface area contributed by atoms with Crippen molar-refractivity contribution in [2.75, 3.05) is 26.2 Å². The Hall–Kier alpha value is -1.79. The first-order valence-corrected chi connectivity index (χ1v) is 6.80. The second-order valence-corrected chi connectivity index (χ2v) is 6.15. The van der Waals surface area contributed by atoms with Crippen molar-refractivity contribution >= 4 is 17.9 Å². The van der Waals surface area contributed by atoms with E-state index in [1.807, 2.05) is 0 Å². The summed E-state index contributed by atoms with van der Waals surface area (Å²) in [6.07, 6.45) is -0.121. The summed E-state index contributed by atoms with van der Waals surface area (Å²) in [7, 11) is 0. The summed E-state index contributed by atoms with van der Waals surface area (Å²) in [6.45, 7) is 6.76. The van der Waals surface area contributed by atoms with Gasteiger partial charge < -0.3 is 15.0 Å². The lowest BCUT2D eigenvalue weighted by atomic mass is 10.2. The standard InChI is InChI=1S/C13H21N3O4/c1-13(2,3)20-12(19)15-4-5-16(11(18)8-15)9-6-10(17)14-7-9/h9H,4-8H2,1-3H3,(H,14,17). The molecule has 1 unspecified atom stereocenters. The molecule has 0 saturated carbocycles. The van der Waals surface area contributed by atoms with Gasteiger partial charge in [-0.3, -0.25) is 14.5 Å². The van der Waals surface area contributed by atoms with E-state index in [4.69, 9.17) is 4.74 Å². The van der Waals surface area contributed by atoms with Gasteiger partial charge in [-0.25, -0.2) is 4.79 Å². The van der Waals surface area contributed by atoms with Gasteiger partial charge in [0.1, 0.15) is 12.1 Å². The van der Waals surface area contributed by atoms with Gasteiger partial charge in [0.15, 0.2) is 0 Å². The van der Waals surface area contributed by atoms with Crippen LogP contribution in [0.15, 0.2) is 0 Å². The summed E-state index contributed by atoms with van der Waals surface area (Å²) in [5, 5.41) is 2.71. The first kappa shape index (κ1) is 14.6. The SMILES string of the molecule is CC(C)(C)OC(=O)N1CCN(C2CNC(=O)C2)C(=O)C1. The summed E-state index contributed by atoms with van der Waals surface area (Å²) in [5.41, 5.74) is -0.570. The van der Waals surface area contributed by atoms with E-state index in [0.29, 0.717) is 26.1 Å². The monoisotopic (exact) mass is 283 g/mol. The number of hydrogen-bond donors (Lipinski definition) is 1. The summed E-state index contributed by atoms with van der Waals surface area (Å²) in [4.78, 5) is 38.3. The molecule has 0 aromatic heterocycles. The van der Waals surface area contributed by atoms with Crippen molar-refractivity contribution in [2.24, 2.45) is 0 Å². The van der Waals surface area contributed by atoms with Gasteiger partial charge in [-0.1, -0.05) is 0 Å². The Labute approximate surface area is 118 Å². The smallest absolute Gasteiger partial charge is 0.410 e. The molecule has 2 heterocycles. The topological polar surface area (TPSA) is 79.0 Å². The summed E-state index contributed by atoms with van der Waals surface area (Å²) in [6, 6.07) is -0.0872. The first-order chi connectivity index (χ1) is 9.26. The molecule has 2 rings (SSSR count). The number of rotatable bonds is 1. The molecule has 0 aliphatic carbocycles. The molecule has 7 heteroatoms. The minimum atomic E-state index is -0.570. The van der Waals surface area contributed by atoms with E-state index in [1.54, 1.807) is 25.7 Å². The molecule has 3 amide bonds. The van der Waals surface area contributed by atoms with E-state index in [1.165, 1.54) is 4.90 Å². The van der Waals surface area contributed by atoms with E-state index in [9.17, 15) is 14.4 Å². The van der Waals surface area contributed by atoms with Crippen LogP contribution in [0, 0.1) is 0 Å². The molecule has 7 nitrogen and oxygen atoms in total. The van der Waals surface area contributed by atoms with Gasteiger partial charge in [-0.05, 0) is 20.8 Å². The zero-order valence-electron chi connectivity index (χ0n) is 12.1. The summed E-state index contributed by atoms with van der Waals surface area (Å²) in [5.74, 6) is -0.166. The Kier molecular flexibility index (Phi) is 3.87. The number of carbonyl (C=O) groups is 3. The molecule has 2 aliphatic heterocycles. The predicted octanol–water partition coefficient (Wildman–Crippen LogP) is -0.0458. The van der Waals surface area contributed by atoms with Crippen LogP contribution in [0.5, 0.6) is 0 Å². The third-order valence-electron chi connectivity index (χ3n) is 3.31. The predicted molar refractivity (Wildman–Crippen MR) is 70.9 cm³/mol. The highest BCUT2D eigenvalue weighted by atomic mass is 16.6. The van der Waals surface area contributed by atoms with Crippen LogP contribution < -0.4 is 5.32 Å². The van der Waals surface area contributed by atoms with Crippen LogP contribution in [0.25, 0.3) is 0 Å². The van der Waals surface area contributed by atoms with Crippen molar-refractivity contribution in [3.05, 3.63) is 0 Å². The van der Waals surface area contributed by atoms with E-state index < -0.39 is 11.7 Å². The van der Waals surface area contributed by atoms with Crippen molar-refractivity contribution in [1.29, 1.82) is 0 Å². The molecule has 1 atom stereocenters. The zero-order chi connectivity index (χ0) is 14.9. The van der Waals surface area contributed by atoms with Crippen molar-refractivity contribution < 1.29 is 19.1 Å². The number of amides is 3. The number of ether oxygens (including phenoxy) is 1. The summed E-state index contributed by atoms with van der Waals surface area (Å²) < 4.78 is 5.25. The van der Waals surface area contributed by atoms with Crippen LogP contribution in [-0.4, -0.2) is 65.5 Å². The highest BCUT2D eigenvalue weighted by Gasteiger charge is 2.36. The minimum Gasteiger partial charge on any atom is -0.444 e. The maximum Gasteiger partial charge on any atom is 0.410 e. The number of hydrogen-bond acceptors (Lipinski definition) is 4. The Morgan fingerprint density at radius 2 is 2.00 bits per heavy atom. The Bertz CT molecular complexity index is 430. The Morgan fingerprint density at radius 3 is 2.50 bits per heavy atom. The fourth-order valence-corrected chi connectivity index (χ4v) is 2.37. The maximum atomic E-state index is 12.1. The third kappa shape index (κ3) is 3.40. The molecule has 2 aliphatic rings. The first-order valence-electron chi connectivity index (χ1n) is 6.80. The lowest BCUT2D eigenvalue weighted by Gasteiger charge is -2.37. The molecule has 2 fully saturated rings. The van der Waals surface area contributed by atoms with Crippen LogP contribution in [0.4, 0.5) is 4.79 Å². The average Bonchev–Trinajstić information content (AvgIpc) is 2.73. The second-order valence-electron chi connectivity index (χ2n) is 6.15.